The topological polar surface area (TPSA) is 116 Å². The first-order valence-corrected chi connectivity index (χ1v) is 18.1. The molecule has 2 heterocycles. The zero-order chi connectivity index (χ0) is 29.1. The fourth-order valence-corrected chi connectivity index (χ4v) is 8.03. The summed E-state index contributed by atoms with van der Waals surface area (Å²) >= 11 is 15.7. The van der Waals surface area contributed by atoms with Crippen LogP contribution in [0, 0.1) is 0 Å². The summed E-state index contributed by atoms with van der Waals surface area (Å²) in [5, 5.41) is 3.07. The number of aromatic nitrogens is 1. The van der Waals surface area contributed by atoms with Gasteiger partial charge in [-0.3, -0.25) is 9.11 Å². The third-order valence-electron chi connectivity index (χ3n) is 6.23. The van der Waals surface area contributed by atoms with Crippen molar-refractivity contribution in [3.05, 3.63) is 68.1 Å². The van der Waals surface area contributed by atoms with E-state index in [4.69, 9.17) is 27.8 Å². The van der Waals surface area contributed by atoms with Crippen molar-refractivity contribution >= 4 is 88.5 Å². The van der Waals surface area contributed by atoms with Crippen molar-refractivity contribution in [3.8, 4) is 0 Å². The highest BCUT2D eigenvalue weighted by molar-refractivity contribution is 8.03. The van der Waals surface area contributed by atoms with Crippen molar-refractivity contribution < 1.29 is 30.5 Å². The van der Waals surface area contributed by atoms with Crippen LogP contribution in [0.4, 0.5) is 5.69 Å². The number of unbranched alkanes of at least 4 members (excludes halogenated alkanes) is 1. The molecule has 4 rings (SSSR count). The van der Waals surface area contributed by atoms with Crippen LogP contribution in [-0.2, 0) is 26.8 Å². The fourth-order valence-electron chi connectivity index (χ4n) is 4.35. The number of hydrogen-bond acceptors (Lipinski definition) is 7. The molecule has 0 spiro atoms. The van der Waals surface area contributed by atoms with Gasteiger partial charge >= 0.3 is 0 Å². The first-order chi connectivity index (χ1) is 18.8. The highest BCUT2D eigenvalue weighted by atomic mass is 35.5. The molecule has 40 heavy (non-hydrogen) atoms. The molecule has 0 radical (unpaired) electrons. The van der Waals surface area contributed by atoms with Crippen molar-refractivity contribution in [1.29, 1.82) is 0 Å². The van der Waals surface area contributed by atoms with E-state index in [1.807, 2.05) is 41.0 Å². The average Bonchev–Trinajstić information content (AvgIpc) is 3.36. The minimum Gasteiger partial charge on any atom is -0.335 e. The molecule has 8 nitrogen and oxygen atoms in total. The fraction of sp³-hybridized carbons (Fsp3) is 0.346. The van der Waals surface area contributed by atoms with Crippen LogP contribution in [0.3, 0.4) is 0 Å². The Labute approximate surface area is 252 Å². The lowest BCUT2D eigenvalue weighted by atomic mass is 10.2. The van der Waals surface area contributed by atoms with Gasteiger partial charge in [0, 0.05) is 40.0 Å². The SMILES string of the molecule is CCC(=Cc1sc2ccc(Cl)cc2[n+]1CCCS(=O)(=O)O)C=C1Sc2ccc(Cl)cc2N1CCCCS(=O)(=O)O. The van der Waals surface area contributed by atoms with E-state index in [0.29, 0.717) is 36.0 Å². The normalized spacial score (nSPS) is 15.4. The summed E-state index contributed by atoms with van der Waals surface area (Å²) in [6.45, 7) is 2.99. The van der Waals surface area contributed by atoms with E-state index in [1.54, 1.807) is 23.1 Å². The quantitative estimate of drug-likeness (QED) is 0.125. The van der Waals surface area contributed by atoms with Crippen molar-refractivity contribution in [2.75, 3.05) is 23.0 Å². The number of hydrogen-bond donors (Lipinski definition) is 2. The van der Waals surface area contributed by atoms with Gasteiger partial charge in [-0.15, -0.1) is 0 Å². The number of halogens is 2. The van der Waals surface area contributed by atoms with Gasteiger partial charge in [-0.05, 0) is 61.2 Å². The van der Waals surface area contributed by atoms with E-state index in [0.717, 1.165) is 42.8 Å². The molecule has 0 aliphatic carbocycles. The van der Waals surface area contributed by atoms with Gasteiger partial charge in [0.25, 0.3) is 25.2 Å². The Morgan fingerprint density at radius 1 is 0.975 bits per heavy atom. The number of rotatable bonds is 12. The molecule has 2 N–H and O–H groups in total. The third kappa shape index (κ3) is 8.45. The molecule has 1 aliphatic rings. The number of benzene rings is 2. The maximum Gasteiger partial charge on any atom is 0.265 e. The van der Waals surface area contributed by atoms with Crippen molar-refractivity contribution in [2.24, 2.45) is 0 Å². The smallest absolute Gasteiger partial charge is 0.265 e. The Morgan fingerprint density at radius 2 is 1.65 bits per heavy atom. The van der Waals surface area contributed by atoms with Gasteiger partial charge < -0.3 is 4.90 Å². The van der Waals surface area contributed by atoms with Crippen LogP contribution in [0.2, 0.25) is 10.0 Å². The number of thiazole rings is 1. The van der Waals surface area contributed by atoms with Crippen LogP contribution in [0.15, 0.2) is 58.0 Å². The number of nitrogens with zero attached hydrogens (tertiary/aromatic N) is 2. The van der Waals surface area contributed by atoms with Gasteiger partial charge in [0.15, 0.2) is 6.54 Å². The summed E-state index contributed by atoms with van der Waals surface area (Å²) in [5.74, 6) is -0.626. The summed E-state index contributed by atoms with van der Waals surface area (Å²) in [6, 6.07) is 11.3. The van der Waals surface area contributed by atoms with Gasteiger partial charge in [-0.25, -0.2) is 0 Å². The first-order valence-electron chi connectivity index (χ1n) is 12.5. The van der Waals surface area contributed by atoms with Gasteiger partial charge in [0.1, 0.15) is 4.70 Å². The van der Waals surface area contributed by atoms with E-state index in [-0.39, 0.29) is 17.9 Å². The predicted octanol–water partition coefficient (Wildman–Crippen LogP) is 6.69. The standard InChI is InChI=1S/C26H28Cl2N2O6S4/c1-2-18(15-26-30(11-5-13-40(34,35)36)22-17-20(28)7-9-24(22)38-26)14-25-29(10-3-4-12-39(31,32)33)21-16-19(27)6-8-23(21)37-25/h6-9,14-17H,2-5,10-13H2,1H3,(H-,31,32,33,34,35,36)/p+1. The summed E-state index contributed by atoms with van der Waals surface area (Å²) in [7, 11) is -8.09. The Morgan fingerprint density at radius 3 is 2.35 bits per heavy atom. The van der Waals surface area contributed by atoms with Crippen molar-refractivity contribution in [3.63, 3.8) is 0 Å². The maximum absolute atomic E-state index is 11.3. The maximum atomic E-state index is 11.3. The number of thioether (sulfide) groups is 1. The lowest BCUT2D eigenvalue weighted by Gasteiger charge is -2.21. The van der Waals surface area contributed by atoms with E-state index < -0.39 is 20.2 Å². The molecule has 216 valence electrons. The monoisotopic (exact) mass is 663 g/mol. The lowest BCUT2D eigenvalue weighted by Crippen LogP contribution is -2.36. The van der Waals surface area contributed by atoms with Crippen LogP contribution < -0.4 is 9.47 Å². The molecule has 3 aromatic rings. The molecule has 0 bridgehead atoms. The number of allylic oxidation sites excluding steroid dienone is 2. The number of fused-ring (bicyclic) bond motifs is 2. The predicted molar refractivity (Wildman–Crippen MR) is 165 cm³/mol. The molecule has 0 fully saturated rings. The van der Waals surface area contributed by atoms with Gasteiger partial charge in [-0.1, -0.05) is 53.2 Å². The van der Waals surface area contributed by atoms with Crippen LogP contribution in [0.5, 0.6) is 0 Å². The Hall–Kier alpha value is -1.64. The van der Waals surface area contributed by atoms with Gasteiger partial charge in [-0.2, -0.15) is 21.4 Å². The first kappa shape index (κ1) is 31.3. The second-order valence-electron chi connectivity index (χ2n) is 9.26. The minimum atomic E-state index is -4.07. The van der Waals surface area contributed by atoms with Crippen LogP contribution >= 0.6 is 46.3 Å². The lowest BCUT2D eigenvalue weighted by molar-refractivity contribution is -0.668. The van der Waals surface area contributed by atoms with Crippen molar-refractivity contribution in [2.45, 2.75) is 44.0 Å². The molecule has 0 unspecified atom stereocenters. The largest absolute Gasteiger partial charge is 0.335 e. The molecule has 2 aromatic carbocycles. The van der Waals surface area contributed by atoms with Crippen LogP contribution in [-0.4, -0.2) is 44.0 Å². The van der Waals surface area contributed by atoms with E-state index in [9.17, 15) is 21.4 Å². The highest BCUT2D eigenvalue weighted by Crippen LogP contribution is 2.47. The molecule has 14 heteroatoms. The van der Waals surface area contributed by atoms with Crippen molar-refractivity contribution in [1.82, 2.24) is 0 Å². The zero-order valence-corrected chi connectivity index (χ0v) is 26.4. The second-order valence-corrected chi connectivity index (χ2v) is 15.4. The molecule has 0 saturated carbocycles. The zero-order valence-electron chi connectivity index (χ0n) is 21.6. The molecule has 1 aromatic heterocycles. The summed E-state index contributed by atoms with van der Waals surface area (Å²) in [6.07, 6.45) is 6.02. The van der Waals surface area contributed by atoms with E-state index in [2.05, 4.69) is 24.0 Å². The Bertz CT molecular complexity index is 1680. The molecular weight excluding hydrogens is 635 g/mol. The molecule has 0 amide bonds. The Balaban J connectivity index is 1.68. The van der Waals surface area contributed by atoms with Crippen LogP contribution in [0.25, 0.3) is 16.3 Å². The highest BCUT2D eigenvalue weighted by Gasteiger charge is 2.26. The molecule has 1 aliphatic heterocycles. The second kappa shape index (κ2) is 13.1. The van der Waals surface area contributed by atoms with Gasteiger partial charge in [0.05, 0.1) is 22.2 Å². The number of aryl methyl sites for hydroxylation is 1. The molecule has 0 atom stereocenters. The Kier molecular flexibility index (Phi) is 10.3. The number of anilines is 1. The summed E-state index contributed by atoms with van der Waals surface area (Å²) in [5.41, 5.74) is 2.87. The van der Waals surface area contributed by atoms with Crippen LogP contribution in [0.1, 0.15) is 37.6 Å². The van der Waals surface area contributed by atoms with E-state index in [1.165, 1.54) is 0 Å². The summed E-state index contributed by atoms with van der Waals surface area (Å²) < 4.78 is 66.3. The molecule has 0 saturated heterocycles. The average molecular weight is 665 g/mol. The minimum absolute atomic E-state index is 0.245. The van der Waals surface area contributed by atoms with E-state index >= 15 is 0 Å². The summed E-state index contributed by atoms with van der Waals surface area (Å²) in [4.78, 5) is 3.15. The third-order valence-corrected chi connectivity index (χ3v) is 10.5. The molecular formula is C26H29Cl2N2O6S4+. The van der Waals surface area contributed by atoms with Gasteiger partial charge in [0.2, 0.25) is 5.52 Å².